The number of carbonyl (C=O) groups is 1. The van der Waals surface area contributed by atoms with Crippen molar-refractivity contribution in [2.75, 3.05) is 0 Å². The molecular formula is C16H12ClNO2S. The number of pyridine rings is 1. The minimum atomic E-state index is -0.865. The van der Waals surface area contributed by atoms with E-state index >= 15 is 0 Å². The Morgan fingerprint density at radius 1 is 1.24 bits per heavy atom. The molecule has 0 aliphatic rings. The fourth-order valence-electron chi connectivity index (χ4n) is 2.35. The molecule has 106 valence electrons. The fourth-order valence-corrected chi connectivity index (χ4v) is 3.27. The Hall–Kier alpha value is -1.91. The van der Waals surface area contributed by atoms with Crippen LogP contribution in [0.3, 0.4) is 0 Å². The van der Waals surface area contributed by atoms with E-state index in [4.69, 9.17) is 11.6 Å². The van der Waals surface area contributed by atoms with E-state index in [1.807, 2.05) is 29.6 Å². The van der Waals surface area contributed by atoms with Gasteiger partial charge in [0, 0.05) is 21.3 Å². The number of nitrogens with zero attached hydrogens (tertiary/aromatic N) is 1. The van der Waals surface area contributed by atoms with Gasteiger partial charge in [-0.25, -0.2) is 0 Å². The Labute approximate surface area is 130 Å². The lowest BCUT2D eigenvalue weighted by Gasteiger charge is -2.13. The van der Waals surface area contributed by atoms with Gasteiger partial charge < -0.3 is 5.11 Å². The topological polar surface area (TPSA) is 50.2 Å². The molecule has 0 saturated carbocycles. The first-order chi connectivity index (χ1) is 10.1. The van der Waals surface area contributed by atoms with Crippen molar-refractivity contribution < 1.29 is 9.90 Å². The van der Waals surface area contributed by atoms with Crippen molar-refractivity contribution in [2.24, 2.45) is 0 Å². The van der Waals surface area contributed by atoms with Crippen LogP contribution in [0, 0.1) is 0 Å². The summed E-state index contributed by atoms with van der Waals surface area (Å²) in [7, 11) is 0. The highest BCUT2D eigenvalue weighted by Crippen LogP contribution is 2.30. The molecule has 0 aliphatic heterocycles. The summed E-state index contributed by atoms with van der Waals surface area (Å²) in [4.78, 5) is 16.0. The van der Waals surface area contributed by atoms with E-state index < -0.39 is 11.9 Å². The van der Waals surface area contributed by atoms with E-state index in [9.17, 15) is 9.90 Å². The zero-order chi connectivity index (χ0) is 14.8. The molecule has 0 spiro atoms. The Bertz CT molecular complexity index is 782. The molecule has 1 unspecified atom stereocenters. The predicted octanol–water partition coefficient (Wildman–Crippen LogP) is 4.36. The lowest BCUT2D eigenvalue weighted by Crippen LogP contribution is -2.16. The monoisotopic (exact) mass is 317 g/mol. The van der Waals surface area contributed by atoms with Gasteiger partial charge in [0.15, 0.2) is 0 Å². The summed E-state index contributed by atoms with van der Waals surface area (Å²) in [6, 6.07) is 11.1. The minimum absolute atomic E-state index is 0.397. The number of carboxylic acids is 1. The molecule has 2 aromatic heterocycles. The minimum Gasteiger partial charge on any atom is -0.481 e. The Kier molecular flexibility index (Phi) is 3.90. The van der Waals surface area contributed by atoms with Crippen LogP contribution >= 0.6 is 22.9 Å². The van der Waals surface area contributed by atoms with E-state index in [1.54, 1.807) is 29.7 Å². The molecule has 2 heterocycles. The summed E-state index contributed by atoms with van der Waals surface area (Å²) < 4.78 is 1.06. The van der Waals surface area contributed by atoms with Gasteiger partial charge >= 0.3 is 5.97 Å². The maximum atomic E-state index is 11.7. The van der Waals surface area contributed by atoms with Crippen molar-refractivity contribution in [3.63, 3.8) is 0 Å². The fraction of sp³-hybridized carbons (Fsp3) is 0.125. The standard InChI is InChI=1S/C16H12ClNO2S/c17-11-3-1-10(2-4-11)9-13(16(19)20)15-12-6-8-21-14(12)5-7-18-15/h1-8,13H,9H2,(H,19,20). The van der Waals surface area contributed by atoms with E-state index in [1.165, 1.54) is 0 Å². The second-order valence-corrected chi connectivity index (χ2v) is 6.13. The molecule has 5 heteroatoms. The largest absolute Gasteiger partial charge is 0.481 e. The maximum absolute atomic E-state index is 11.7. The summed E-state index contributed by atoms with van der Waals surface area (Å²) in [6.07, 6.45) is 2.07. The summed E-state index contributed by atoms with van der Waals surface area (Å²) >= 11 is 7.45. The average molecular weight is 318 g/mol. The van der Waals surface area contributed by atoms with Crippen molar-refractivity contribution in [3.05, 3.63) is 64.3 Å². The Morgan fingerprint density at radius 3 is 2.71 bits per heavy atom. The quantitative estimate of drug-likeness (QED) is 0.777. The van der Waals surface area contributed by atoms with Gasteiger partial charge in [-0.15, -0.1) is 11.3 Å². The summed E-state index contributed by atoms with van der Waals surface area (Å²) in [5.74, 6) is -1.53. The van der Waals surface area contributed by atoms with Crippen molar-refractivity contribution in [1.82, 2.24) is 4.98 Å². The second kappa shape index (κ2) is 5.84. The normalized spacial score (nSPS) is 12.4. The summed E-state index contributed by atoms with van der Waals surface area (Å²) in [6.45, 7) is 0. The van der Waals surface area contributed by atoms with Gasteiger partial charge in [0.05, 0.1) is 5.69 Å². The SMILES string of the molecule is O=C(O)C(Cc1ccc(Cl)cc1)c1nccc2sccc12. The highest BCUT2D eigenvalue weighted by Gasteiger charge is 2.24. The molecule has 3 nitrogen and oxygen atoms in total. The number of aliphatic carboxylic acids is 1. The van der Waals surface area contributed by atoms with Gasteiger partial charge in [0.1, 0.15) is 5.92 Å². The Balaban J connectivity index is 2.00. The summed E-state index contributed by atoms with van der Waals surface area (Å²) in [5, 5.41) is 13.1. The van der Waals surface area contributed by atoms with Crippen LogP contribution in [0.15, 0.2) is 48.0 Å². The molecule has 1 N–H and O–H groups in total. The van der Waals surface area contributed by atoms with Crippen LogP contribution in [0.5, 0.6) is 0 Å². The van der Waals surface area contributed by atoms with Crippen LogP contribution in [-0.4, -0.2) is 16.1 Å². The number of benzene rings is 1. The number of halogens is 1. The highest BCUT2D eigenvalue weighted by molar-refractivity contribution is 7.17. The van der Waals surface area contributed by atoms with Gasteiger partial charge in [-0.05, 0) is 41.6 Å². The predicted molar refractivity (Wildman–Crippen MR) is 85.2 cm³/mol. The zero-order valence-electron chi connectivity index (χ0n) is 11.0. The first-order valence-electron chi connectivity index (χ1n) is 6.44. The molecule has 0 fully saturated rings. The number of aromatic nitrogens is 1. The van der Waals surface area contributed by atoms with Crippen LogP contribution in [0.2, 0.25) is 5.02 Å². The first kappa shape index (κ1) is 14.0. The molecule has 0 bridgehead atoms. The molecule has 1 aromatic carbocycles. The molecule has 3 aromatic rings. The molecule has 1 atom stereocenters. The lowest BCUT2D eigenvalue weighted by molar-refractivity contribution is -0.138. The van der Waals surface area contributed by atoms with Crippen LogP contribution in [0.25, 0.3) is 10.1 Å². The van der Waals surface area contributed by atoms with E-state index in [0.29, 0.717) is 17.1 Å². The third-order valence-electron chi connectivity index (χ3n) is 3.39. The molecule has 3 rings (SSSR count). The number of hydrogen-bond acceptors (Lipinski definition) is 3. The first-order valence-corrected chi connectivity index (χ1v) is 7.70. The highest BCUT2D eigenvalue weighted by atomic mass is 35.5. The number of fused-ring (bicyclic) bond motifs is 1. The van der Waals surface area contributed by atoms with Crippen LogP contribution < -0.4 is 0 Å². The third-order valence-corrected chi connectivity index (χ3v) is 4.53. The number of hydrogen-bond donors (Lipinski definition) is 1. The van der Waals surface area contributed by atoms with Crippen LogP contribution in [0.1, 0.15) is 17.2 Å². The van der Waals surface area contributed by atoms with Crippen molar-refractivity contribution in [1.29, 1.82) is 0 Å². The maximum Gasteiger partial charge on any atom is 0.312 e. The molecular weight excluding hydrogens is 306 g/mol. The van der Waals surface area contributed by atoms with Gasteiger partial charge in [0.2, 0.25) is 0 Å². The van der Waals surface area contributed by atoms with E-state index in [2.05, 4.69) is 4.98 Å². The van der Waals surface area contributed by atoms with Crippen molar-refractivity contribution in [2.45, 2.75) is 12.3 Å². The van der Waals surface area contributed by atoms with Crippen LogP contribution in [-0.2, 0) is 11.2 Å². The molecule has 0 radical (unpaired) electrons. The third kappa shape index (κ3) is 2.91. The molecule has 0 aliphatic carbocycles. The van der Waals surface area contributed by atoms with Crippen molar-refractivity contribution in [3.8, 4) is 0 Å². The van der Waals surface area contributed by atoms with Gasteiger partial charge in [0.25, 0.3) is 0 Å². The smallest absolute Gasteiger partial charge is 0.312 e. The van der Waals surface area contributed by atoms with Gasteiger partial charge in [-0.3, -0.25) is 9.78 Å². The number of thiophene rings is 1. The molecule has 0 saturated heterocycles. The molecule has 21 heavy (non-hydrogen) atoms. The zero-order valence-corrected chi connectivity index (χ0v) is 12.6. The lowest BCUT2D eigenvalue weighted by atomic mass is 9.94. The molecule has 0 amide bonds. The van der Waals surface area contributed by atoms with E-state index in [-0.39, 0.29) is 0 Å². The number of rotatable bonds is 4. The van der Waals surface area contributed by atoms with Crippen molar-refractivity contribution >= 4 is 39.0 Å². The Morgan fingerprint density at radius 2 is 2.00 bits per heavy atom. The van der Waals surface area contributed by atoms with E-state index in [0.717, 1.165) is 15.6 Å². The average Bonchev–Trinajstić information content (AvgIpc) is 2.95. The van der Waals surface area contributed by atoms with Gasteiger partial charge in [-0.2, -0.15) is 0 Å². The van der Waals surface area contributed by atoms with Gasteiger partial charge in [-0.1, -0.05) is 23.7 Å². The summed E-state index contributed by atoms with van der Waals surface area (Å²) in [5.41, 5.74) is 1.55. The number of carboxylic acid groups (broad SMARTS) is 1. The van der Waals surface area contributed by atoms with Crippen LogP contribution in [0.4, 0.5) is 0 Å². The second-order valence-electron chi connectivity index (χ2n) is 4.75.